The van der Waals surface area contributed by atoms with E-state index in [0.29, 0.717) is 24.0 Å². The molecule has 1 N–H and O–H groups in total. The number of nitrogens with one attached hydrogen (secondary N) is 1. The van der Waals surface area contributed by atoms with Crippen LogP contribution in [0.5, 0.6) is 11.6 Å². The number of ether oxygens (including phenoxy) is 1. The summed E-state index contributed by atoms with van der Waals surface area (Å²) < 4.78 is 5.94. The molecule has 24 heavy (non-hydrogen) atoms. The molecule has 124 valence electrons. The Hall–Kier alpha value is -2.70. The van der Waals surface area contributed by atoms with Crippen molar-refractivity contribution in [2.45, 2.75) is 26.3 Å². The van der Waals surface area contributed by atoms with E-state index >= 15 is 0 Å². The SMILES string of the molecule is Cc1ncccc1Oc1ncnc(N2C[C@@H]3CC(=O)N[C@@H]3C2)c1C. The molecule has 0 saturated carbocycles. The molecule has 1 amide bonds. The summed E-state index contributed by atoms with van der Waals surface area (Å²) in [6.07, 6.45) is 3.86. The highest BCUT2D eigenvalue weighted by atomic mass is 16.5. The van der Waals surface area contributed by atoms with Gasteiger partial charge in [0.15, 0.2) is 5.75 Å². The number of carbonyl (C=O) groups excluding carboxylic acids is 1. The van der Waals surface area contributed by atoms with Crippen LogP contribution in [0, 0.1) is 19.8 Å². The molecule has 2 aliphatic rings. The Morgan fingerprint density at radius 2 is 2.12 bits per heavy atom. The number of aryl methyl sites for hydroxylation is 1. The molecule has 7 nitrogen and oxygen atoms in total. The van der Waals surface area contributed by atoms with Gasteiger partial charge in [-0.2, -0.15) is 0 Å². The number of hydrogen-bond acceptors (Lipinski definition) is 6. The summed E-state index contributed by atoms with van der Waals surface area (Å²) in [6, 6.07) is 3.93. The van der Waals surface area contributed by atoms with Crippen LogP contribution in [-0.4, -0.2) is 40.0 Å². The Balaban J connectivity index is 1.58. The van der Waals surface area contributed by atoms with Crippen LogP contribution in [0.1, 0.15) is 17.7 Å². The average molecular weight is 325 g/mol. The number of rotatable bonds is 3. The highest BCUT2D eigenvalue weighted by Gasteiger charge is 2.40. The highest BCUT2D eigenvalue weighted by Crippen LogP contribution is 2.33. The lowest BCUT2D eigenvalue weighted by Crippen LogP contribution is -2.33. The first kappa shape index (κ1) is 14.9. The Bertz CT molecular complexity index is 778. The van der Waals surface area contributed by atoms with Crippen molar-refractivity contribution >= 4 is 11.7 Å². The predicted octanol–water partition coefficient (Wildman–Crippen LogP) is 1.61. The third-order valence-electron chi connectivity index (χ3n) is 4.71. The lowest BCUT2D eigenvalue weighted by atomic mass is 10.1. The average Bonchev–Trinajstić information content (AvgIpc) is 3.08. The molecule has 4 rings (SSSR count). The maximum atomic E-state index is 11.5. The molecule has 2 aliphatic heterocycles. The minimum Gasteiger partial charge on any atom is -0.437 e. The Kier molecular flexibility index (Phi) is 3.55. The fourth-order valence-electron chi connectivity index (χ4n) is 3.45. The molecule has 2 saturated heterocycles. The van der Waals surface area contributed by atoms with E-state index in [2.05, 4.69) is 25.2 Å². The summed E-state index contributed by atoms with van der Waals surface area (Å²) in [4.78, 5) is 26.6. The zero-order valence-electron chi connectivity index (χ0n) is 13.7. The zero-order valence-corrected chi connectivity index (χ0v) is 13.7. The Morgan fingerprint density at radius 1 is 1.25 bits per heavy atom. The molecule has 0 aliphatic carbocycles. The van der Waals surface area contributed by atoms with Gasteiger partial charge >= 0.3 is 0 Å². The third-order valence-corrected chi connectivity index (χ3v) is 4.71. The van der Waals surface area contributed by atoms with Crippen LogP contribution in [0.3, 0.4) is 0 Å². The second-order valence-corrected chi connectivity index (χ2v) is 6.36. The number of anilines is 1. The first-order valence-electron chi connectivity index (χ1n) is 8.07. The number of aromatic nitrogens is 3. The van der Waals surface area contributed by atoms with Crippen LogP contribution in [0.25, 0.3) is 0 Å². The van der Waals surface area contributed by atoms with Gasteiger partial charge < -0.3 is 15.0 Å². The summed E-state index contributed by atoms with van der Waals surface area (Å²) in [5.74, 6) is 2.61. The Morgan fingerprint density at radius 3 is 2.92 bits per heavy atom. The van der Waals surface area contributed by atoms with Gasteiger partial charge in [0.25, 0.3) is 0 Å². The molecule has 0 spiro atoms. The molecule has 7 heteroatoms. The highest BCUT2D eigenvalue weighted by molar-refractivity contribution is 5.79. The standard InChI is InChI=1S/C17H19N5O2/c1-10-16(22-7-12-6-15(23)21-13(12)8-22)19-9-20-17(10)24-14-4-3-5-18-11(14)2/h3-5,9,12-13H,6-8H2,1-2H3,(H,21,23)/t12-,13+/m0/s1. The third kappa shape index (κ3) is 2.55. The summed E-state index contributed by atoms with van der Waals surface area (Å²) in [5.41, 5.74) is 1.71. The quantitative estimate of drug-likeness (QED) is 0.923. The minimum atomic E-state index is 0.153. The molecule has 2 aromatic heterocycles. The lowest BCUT2D eigenvalue weighted by Gasteiger charge is -2.21. The maximum absolute atomic E-state index is 11.5. The molecule has 0 bridgehead atoms. The van der Waals surface area contributed by atoms with Gasteiger partial charge in [0, 0.05) is 31.6 Å². The van der Waals surface area contributed by atoms with Gasteiger partial charge in [0.05, 0.1) is 17.3 Å². The second kappa shape index (κ2) is 5.74. The van der Waals surface area contributed by atoms with Crippen molar-refractivity contribution in [3.63, 3.8) is 0 Å². The lowest BCUT2D eigenvalue weighted by molar-refractivity contribution is -0.119. The van der Waals surface area contributed by atoms with Gasteiger partial charge in [0.1, 0.15) is 12.1 Å². The van der Waals surface area contributed by atoms with Crippen molar-refractivity contribution in [1.82, 2.24) is 20.3 Å². The predicted molar refractivity (Wildman–Crippen MR) is 88.1 cm³/mol. The van der Waals surface area contributed by atoms with Gasteiger partial charge in [0.2, 0.25) is 11.8 Å². The second-order valence-electron chi connectivity index (χ2n) is 6.36. The van der Waals surface area contributed by atoms with Crippen molar-refractivity contribution in [2.24, 2.45) is 5.92 Å². The summed E-state index contributed by atoms with van der Waals surface area (Å²) >= 11 is 0. The monoisotopic (exact) mass is 325 g/mol. The van der Waals surface area contributed by atoms with Crippen LogP contribution < -0.4 is 15.0 Å². The molecule has 0 unspecified atom stereocenters. The van der Waals surface area contributed by atoms with Gasteiger partial charge in [-0.05, 0) is 26.0 Å². The van der Waals surface area contributed by atoms with Crippen LogP contribution in [0.2, 0.25) is 0 Å². The van der Waals surface area contributed by atoms with E-state index in [1.807, 2.05) is 26.0 Å². The first-order valence-corrected chi connectivity index (χ1v) is 8.07. The molecule has 2 fully saturated rings. The van der Waals surface area contributed by atoms with E-state index in [1.165, 1.54) is 6.33 Å². The number of amides is 1. The van der Waals surface area contributed by atoms with Crippen molar-refractivity contribution in [3.8, 4) is 11.6 Å². The van der Waals surface area contributed by atoms with Gasteiger partial charge in [-0.1, -0.05) is 0 Å². The Labute approximate surface area is 140 Å². The molecule has 0 aromatic carbocycles. The van der Waals surface area contributed by atoms with E-state index < -0.39 is 0 Å². The van der Waals surface area contributed by atoms with Crippen molar-refractivity contribution in [3.05, 3.63) is 35.9 Å². The maximum Gasteiger partial charge on any atom is 0.227 e. The number of fused-ring (bicyclic) bond motifs is 1. The molecule has 4 heterocycles. The summed E-state index contributed by atoms with van der Waals surface area (Å²) in [7, 11) is 0. The number of pyridine rings is 1. The van der Waals surface area contributed by atoms with Crippen LogP contribution in [-0.2, 0) is 4.79 Å². The first-order chi connectivity index (χ1) is 11.6. The molecular formula is C17H19N5O2. The van der Waals surface area contributed by atoms with Crippen LogP contribution in [0.4, 0.5) is 5.82 Å². The van der Waals surface area contributed by atoms with E-state index in [9.17, 15) is 4.79 Å². The van der Waals surface area contributed by atoms with E-state index in [0.717, 1.165) is 30.2 Å². The van der Waals surface area contributed by atoms with Gasteiger partial charge in [-0.25, -0.2) is 9.97 Å². The number of hydrogen-bond donors (Lipinski definition) is 1. The van der Waals surface area contributed by atoms with Crippen molar-refractivity contribution in [2.75, 3.05) is 18.0 Å². The number of carbonyl (C=O) groups is 1. The number of nitrogens with zero attached hydrogens (tertiary/aromatic N) is 4. The van der Waals surface area contributed by atoms with Crippen LogP contribution >= 0.6 is 0 Å². The molecular weight excluding hydrogens is 306 g/mol. The van der Waals surface area contributed by atoms with E-state index in [4.69, 9.17) is 4.74 Å². The molecule has 2 atom stereocenters. The van der Waals surface area contributed by atoms with Gasteiger partial charge in [-0.15, -0.1) is 0 Å². The van der Waals surface area contributed by atoms with E-state index in [1.54, 1.807) is 6.20 Å². The fourth-order valence-corrected chi connectivity index (χ4v) is 3.45. The van der Waals surface area contributed by atoms with E-state index in [-0.39, 0.29) is 11.9 Å². The van der Waals surface area contributed by atoms with Crippen molar-refractivity contribution < 1.29 is 9.53 Å². The molecule has 0 radical (unpaired) electrons. The summed E-state index contributed by atoms with van der Waals surface area (Å²) in [5, 5.41) is 3.03. The minimum absolute atomic E-state index is 0.153. The normalized spacial score (nSPS) is 22.4. The zero-order chi connectivity index (χ0) is 16.7. The fraction of sp³-hybridized carbons (Fsp3) is 0.412. The molecule has 2 aromatic rings. The van der Waals surface area contributed by atoms with Gasteiger partial charge in [-0.3, -0.25) is 9.78 Å². The largest absolute Gasteiger partial charge is 0.437 e. The smallest absolute Gasteiger partial charge is 0.227 e. The van der Waals surface area contributed by atoms with Crippen molar-refractivity contribution in [1.29, 1.82) is 0 Å². The van der Waals surface area contributed by atoms with Crippen LogP contribution in [0.15, 0.2) is 24.7 Å². The summed E-state index contributed by atoms with van der Waals surface area (Å²) in [6.45, 7) is 5.46. The topological polar surface area (TPSA) is 80.2 Å².